The molecule has 1 heteroatoms. The molecule has 5 aliphatic carbocycles. The molecule has 1 atom stereocenters. The van der Waals surface area contributed by atoms with Crippen molar-refractivity contribution in [3.05, 3.63) is 150 Å². The molecule has 5 aliphatic rings. The van der Waals surface area contributed by atoms with Crippen LogP contribution >= 0.6 is 0 Å². The zero-order valence-corrected chi connectivity index (χ0v) is 31.0. The van der Waals surface area contributed by atoms with E-state index in [1.165, 1.54) is 131 Å². The van der Waals surface area contributed by atoms with E-state index in [-0.39, 0.29) is 5.41 Å². The summed E-state index contributed by atoms with van der Waals surface area (Å²) in [6.45, 7) is 4.84. The third-order valence-electron chi connectivity index (χ3n) is 13.9. The molecule has 52 heavy (non-hydrogen) atoms. The van der Waals surface area contributed by atoms with Gasteiger partial charge < -0.3 is 4.90 Å². The Balaban J connectivity index is 1.06. The van der Waals surface area contributed by atoms with Crippen molar-refractivity contribution in [3.63, 3.8) is 0 Å². The van der Waals surface area contributed by atoms with Crippen molar-refractivity contribution in [3.8, 4) is 22.3 Å². The summed E-state index contributed by atoms with van der Waals surface area (Å²) in [5.41, 5.74) is 14.9. The Kier molecular flexibility index (Phi) is 7.89. The molecule has 0 heterocycles. The lowest BCUT2D eigenvalue weighted by Crippen LogP contribution is -2.29. The van der Waals surface area contributed by atoms with Gasteiger partial charge in [0.05, 0.1) is 0 Å². The Bertz CT molecular complexity index is 2240. The van der Waals surface area contributed by atoms with Crippen molar-refractivity contribution in [1.82, 2.24) is 0 Å². The van der Waals surface area contributed by atoms with Crippen LogP contribution in [-0.2, 0) is 5.41 Å². The average molecular weight is 678 g/mol. The predicted octanol–water partition coefficient (Wildman–Crippen LogP) is 14.6. The van der Waals surface area contributed by atoms with Crippen LogP contribution in [0.15, 0.2) is 127 Å². The molecule has 0 radical (unpaired) electrons. The Morgan fingerprint density at radius 3 is 1.92 bits per heavy atom. The van der Waals surface area contributed by atoms with Gasteiger partial charge in [0.1, 0.15) is 0 Å². The standard InChI is InChI=1S/C51H51N/c1-51(2)48-14-8-13-45(41-20-19-36-11-6-7-12-40(36)32-41)50(48)46-30-29-44(33-49(46)51)52(42-25-21-37(22-26-42)35-9-4-3-5-10-35)43-27-23-39(24-28-43)47-31-34-15-17-38(47)18-16-34/h6-8,11-14,19-30,32-35,38,47H,3-5,9-10,15-18,31H2,1-2H3. The van der Waals surface area contributed by atoms with E-state index in [0.717, 1.165) is 17.8 Å². The van der Waals surface area contributed by atoms with E-state index in [4.69, 9.17) is 0 Å². The Labute approximate surface area is 310 Å². The van der Waals surface area contributed by atoms with Gasteiger partial charge in [0, 0.05) is 22.5 Å². The number of anilines is 3. The van der Waals surface area contributed by atoms with Crippen LogP contribution in [0.5, 0.6) is 0 Å². The van der Waals surface area contributed by atoms with Crippen molar-refractivity contribution < 1.29 is 0 Å². The molecule has 6 aromatic carbocycles. The second kappa shape index (κ2) is 12.8. The number of hydrogen-bond acceptors (Lipinski definition) is 1. The second-order valence-electron chi connectivity index (χ2n) is 17.1. The van der Waals surface area contributed by atoms with Gasteiger partial charge in [-0.3, -0.25) is 0 Å². The average Bonchev–Trinajstić information content (AvgIpc) is 3.44. The molecule has 0 N–H and O–H groups in total. The first-order valence-corrected chi connectivity index (χ1v) is 20.3. The lowest BCUT2D eigenvalue weighted by atomic mass is 9.63. The van der Waals surface area contributed by atoms with Gasteiger partial charge in [-0.05, 0) is 154 Å². The molecule has 0 spiro atoms. The molecule has 0 aromatic heterocycles. The smallest absolute Gasteiger partial charge is 0.0465 e. The van der Waals surface area contributed by atoms with Crippen LogP contribution in [0.25, 0.3) is 33.0 Å². The summed E-state index contributed by atoms with van der Waals surface area (Å²) in [6, 6.07) is 49.3. The first-order chi connectivity index (χ1) is 25.5. The molecule has 1 unspecified atom stereocenters. The zero-order valence-electron chi connectivity index (χ0n) is 31.0. The van der Waals surface area contributed by atoms with Crippen molar-refractivity contribution >= 4 is 27.8 Å². The van der Waals surface area contributed by atoms with Gasteiger partial charge in [0.2, 0.25) is 0 Å². The van der Waals surface area contributed by atoms with Gasteiger partial charge in [-0.15, -0.1) is 0 Å². The van der Waals surface area contributed by atoms with Gasteiger partial charge in [-0.25, -0.2) is 0 Å². The van der Waals surface area contributed by atoms with Gasteiger partial charge in [-0.1, -0.05) is 131 Å². The third-order valence-corrected chi connectivity index (χ3v) is 13.9. The summed E-state index contributed by atoms with van der Waals surface area (Å²) in [6.07, 6.45) is 13.9. The SMILES string of the molecule is CC1(C)c2cc(N(c3ccc(C4CCCCC4)cc3)c3ccc(C4CC5CCC4CC5)cc3)ccc2-c2c(-c3ccc4ccccc4c3)cccc21. The molecule has 4 fully saturated rings. The quantitative estimate of drug-likeness (QED) is 0.170. The molecule has 0 saturated heterocycles. The molecule has 260 valence electrons. The molecule has 1 nitrogen and oxygen atoms in total. The fourth-order valence-electron chi connectivity index (χ4n) is 10.9. The summed E-state index contributed by atoms with van der Waals surface area (Å²) in [7, 11) is 0. The third kappa shape index (κ3) is 5.42. The van der Waals surface area contributed by atoms with Crippen LogP contribution in [0.3, 0.4) is 0 Å². The number of benzene rings is 6. The van der Waals surface area contributed by atoms with Crippen LogP contribution in [-0.4, -0.2) is 0 Å². The maximum absolute atomic E-state index is 2.52. The van der Waals surface area contributed by atoms with E-state index >= 15 is 0 Å². The van der Waals surface area contributed by atoms with E-state index in [9.17, 15) is 0 Å². The van der Waals surface area contributed by atoms with E-state index < -0.39 is 0 Å². The van der Waals surface area contributed by atoms with E-state index in [2.05, 4.69) is 146 Å². The molecular formula is C51H51N. The minimum Gasteiger partial charge on any atom is -0.310 e. The normalized spacial score (nSPS) is 21.9. The predicted molar refractivity (Wildman–Crippen MR) is 220 cm³/mol. The number of rotatable bonds is 6. The van der Waals surface area contributed by atoms with Gasteiger partial charge in [0.25, 0.3) is 0 Å². The van der Waals surface area contributed by atoms with E-state index in [0.29, 0.717) is 5.92 Å². The molecule has 6 aromatic rings. The van der Waals surface area contributed by atoms with E-state index in [1.54, 1.807) is 5.56 Å². The monoisotopic (exact) mass is 677 g/mol. The van der Waals surface area contributed by atoms with E-state index in [1.807, 2.05) is 0 Å². The van der Waals surface area contributed by atoms with Crippen molar-refractivity contribution in [1.29, 1.82) is 0 Å². The highest BCUT2D eigenvalue weighted by molar-refractivity contribution is 5.96. The summed E-state index contributed by atoms with van der Waals surface area (Å²) in [4.78, 5) is 2.52. The Morgan fingerprint density at radius 2 is 1.21 bits per heavy atom. The number of fused-ring (bicyclic) bond motifs is 7. The lowest BCUT2D eigenvalue weighted by Gasteiger charge is -2.42. The lowest BCUT2D eigenvalue weighted by molar-refractivity contribution is 0.145. The van der Waals surface area contributed by atoms with Crippen LogP contribution < -0.4 is 4.90 Å². The van der Waals surface area contributed by atoms with Gasteiger partial charge in [0.15, 0.2) is 0 Å². The molecule has 0 aliphatic heterocycles. The van der Waals surface area contributed by atoms with Gasteiger partial charge in [-0.2, -0.15) is 0 Å². The second-order valence-corrected chi connectivity index (χ2v) is 17.1. The molecular weight excluding hydrogens is 627 g/mol. The van der Waals surface area contributed by atoms with Crippen LogP contribution in [0.2, 0.25) is 0 Å². The molecule has 4 saturated carbocycles. The number of hydrogen-bond donors (Lipinski definition) is 0. The molecule has 0 amide bonds. The highest BCUT2D eigenvalue weighted by Gasteiger charge is 2.38. The highest BCUT2D eigenvalue weighted by Crippen LogP contribution is 2.54. The zero-order chi connectivity index (χ0) is 34.8. The maximum Gasteiger partial charge on any atom is 0.0465 e. The highest BCUT2D eigenvalue weighted by atomic mass is 15.1. The molecule has 2 bridgehead atoms. The summed E-state index contributed by atoms with van der Waals surface area (Å²) < 4.78 is 0. The first kappa shape index (κ1) is 32.1. The van der Waals surface area contributed by atoms with Crippen molar-refractivity contribution in [2.24, 2.45) is 11.8 Å². The number of nitrogens with zero attached hydrogens (tertiary/aromatic N) is 1. The topological polar surface area (TPSA) is 3.24 Å². The first-order valence-electron chi connectivity index (χ1n) is 20.3. The minimum absolute atomic E-state index is 0.117. The summed E-state index contributed by atoms with van der Waals surface area (Å²) in [5, 5.41) is 2.58. The Morgan fingerprint density at radius 1 is 0.519 bits per heavy atom. The Hall–Kier alpha value is -4.62. The molecule has 11 rings (SSSR count). The minimum atomic E-state index is -0.117. The van der Waals surface area contributed by atoms with Crippen molar-refractivity contribution in [2.45, 2.75) is 95.3 Å². The summed E-state index contributed by atoms with van der Waals surface area (Å²) >= 11 is 0. The van der Waals surface area contributed by atoms with Gasteiger partial charge >= 0.3 is 0 Å². The summed E-state index contributed by atoms with van der Waals surface area (Å²) in [5.74, 6) is 3.26. The van der Waals surface area contributed by atoms with Crippen molar-refractivity contribution in [2.75, 3.05) is 4.90 Å². The van der Waals surface area contributed by atoms with Crippen LogP contribution in [0, 0.1) is 11.8 Å². The fraction of sp³-hybridized carbons (Fsp3) is 0.333. The largest absolute Gasteiger partial charge is 0.310 e. The van der Waals surface area contributed by atoms with Crippen LogP contribution in [0.1, 0.15) is 112 Å². The fourth-order valence-corrected chi connectivity index (χ4v) is 10.9. The maximum atomic E-state index is 2.52. The van der Waals surface area contributed by atoms with Crippen LogP contribution in [0.4, 0.5) is 17.1 Å².